The fraction of sp³-hybridized carbons (Fsp3) is 0.167. The first kappa shape index (κ1) is 17.8. The molecule has 0 aliphatic rings. The average Bonchev–Trinajstić information content (AvgIpc) is 2.93. The van der Waals surface area contributed by atoms with Crippen LogP contribution in [0.1, 0.15) is 24.9 Å². The fourth-order valence-electron chi connectivity index (χ4n) is 2.62. The van der Waals surface area contributed by atoms with E-state index in [1.807, 2.05) is 0 Å². The largest absolute Gasteiger partial charge is 0.417 e. The van der Waals surface area contributed by atoms with Gasteiger partial charge in [0.15, 0.2) is 5.58 Å². The Morgan fingerprint density at radius 2 is 1.92 bits per heavy atom. The van der Waals surface area contributed by atoms with Crippen LogP contribution in [-0.4, -0.2) is 16.8 Å². The summed E-state index contributed by atoms with van der Waals surface area (Å²) in [6, 6.07) is 11.3. The van der Waals surface area contributed by atoms with E-state index in [2.05, 4.69) is 15.6 Å². The Labute approximate surface area is 153 Å². The number of anilines is 1. The number of aromatic nitrogens is 1. The standard InChI is InChI=1S/C18H16ClN3O4/c1-10(23)20-14(11-2-4-12(19)5-3-11)9-17(24)21-13-6-7-16-15(8-13)22-18(25)26-16/h2-8,14H,9H2,1H3,(H,20,23)(H,21,24)(H,22,25)/t14-/m1/s1. The summed E-state index contributed by atoms with van der Waals surface area (Å²) in [5.41, 5.74) is 2.18. The van der Waals surface area contributed by atoms with Gasteiger partial charge in [-0.25, -0.2) is 4.79 Å². The molecule has 1 atom stereocenters. The minimum atomic E-state index is -0.558. The van der Waals surface area contributed by atoms with Gasteiger partial charge in [-0.05, 0) is 35.9 Å². The maximum absolute atomic E-state index is 12.4. The van der Waals surface area contributed by atoms with Crippen molar-refractivity contribution in [2.45, 2.75) is 19.4 Å². The Balaban J connectivity index is 1.74. The number of carbonyl (C=O) groups is 2. The van der Waals surface area contributed by atoms with Crippen LogP contribution in [0.3, 0.4) is 0 Å². The van der Waals surface area contributed by atoms with Crippen LogP contribution in [0.25, 0.3) is 11.1 Å². The molecule has 0 bridgehead atoms. The number of fused-ring (bicyclic) bond motifs is 1. The van der Waals surface area contributed by atoms with Crippen molar-refractivity contribution in [3.8, 4) is 0 Å². The first-order valence-electron chi connectivity index (χ1n) is 7.86. The topological polar surface area (TPSA) is 104 Å². The highest BCUT2D eigenvalue weighted by molar-refractivity contribution is 6.30. The maximum atomic E-state index is 12.4. The van der Waals surface area contributed by atoms with Crippen molar-refractivity contribution in [2.75, 3.05) is 5.32 Å². The molecule has 7 nitrogen and oxygen atoms in total. The molecule has 0 spiro atoms. The van der Waals surface area contributed by atoms with Crippen molar-refractivity contribution in [2.24, 2.45) is 0 Å². The van der Waals surface area contributed by atoms with Gasteiger partial charge in [0.2, 0.25) is 11.8 Å². The summed E-state index contributed by atoms with van der Waals surface area (Å²) in [7, 11) is 0. The lowest BCUT2D eigenvalue weighted by atomic mass is 10.0. The average molecular weight is 374 g/mol. The molecule has 26 heavy (non-hydrogen) atoms. The van der Waals surface area contributed by atoms with Gasteiger partial charge in [-0.2, -0.15) is 0 Å². The van der Waals surface area contributed by atoms with Gasteiger partial charge in [-0.3, -0.25) is 14.6 Å². The third-order valence-corrected chi connectivity index (χ3v) is 3.99. The number of hydrogen-bond donors (Lipinski definition) is 3. The van der Waals surface area contributed by atoms with E-state index in [0.717, 1.165) is 5.56 Å². The number of rotatable bonds is 5. The summed E-state index contributed by atoms with van der Waals surface area (Å²) in [5, 5.41) is 6.08. The molecule has 0 saturated heterocycles. The highest BCUT2D eigenvalue weighted by atomic mass is 35.5. The number of benzene rings is 2. The second-order valence-corrected chi connectivity index (χ2v) is 6.22. The number of H-pyrrole nitrogens is 1. The van der Waals surface area contributed by atoms with Gasteiger partial charge in [0.05, 0.1) is 18.0 Å². The molecule has 1 heterocycles. The molecule has 2 aromatic carbocycles. The van der Waals surface area contributed by atoms with Crippen molar-refractivity contribution in [3.05, 3.63) is 63.6 Å². The van der Waals surface area contributed by atoms with Crippen LogP contribution in [0.15, 0.2) is 51.7 Å². The van der Waals surface area contributed by atoms with E-state index in [1.165, 1.54) is 6.92 Å². The number of oxazole rings is 1. The number of amides is 2. The Morgan fingerprint density at radius 3 is 2.62 bits per heavy atom. The lowest BCUT2D eigenvalue weighted by Crippen LogP contribution is -2.29. The van der Waals surface area contributed by atoms with Gasteiger partial charge < -0.3 is 15.1 Å². The van der Waals surface area contributed by atoms with Crippen molar-refractivity contribution < 1.29 is 14.0 Å². The fourth-order valence-corrected chi connectivity index (χ4v) is 2.75. The monoisotopic (exact) mass is 373 g/mol. The molecule has 134 valence electrons. The minimum absolute atomic E-state index is 0.0428. The van der Waals surface area contributed by atoms with E-state index in [0.29, 0.717) is 21.8 Å². The zero-order valence-corrected chi connectivity index (χ0v) is 14.6. The van der Waals surface area contributed by atoms with E-state index in [4.69, 9.17) is 16.0 Å². The third kappa shape index (κ3) is 4.31. The minimum Gasteiger partial charge on any atom is -0.408 e. The van der Waals surface area contributed by atoms with E-state index in [1.54, 1.807) is 42.5 Å². The number of carbonyl (C=O) groups excluding carboxylic acids is 2. The molecule has 0 aliphatic heterocycles. The number of hydrogen-bond acceptors (Lipinski definition) is 4. The van der Waals surface area contributed by atoms with Crippen LogP contribution >= 0.6 is 11.6 Å². The summed E-state index contributed by atoms with van der Waals surface area (Å²) < 4.78 is 4.92. The first-order valence-corrected chi connectivity index (χ1v) is 8.24. The molecule has 3 rings (SSSR count). The van der Waals surface area contributed by atoms with Crippen LogP contribution in [0.4, 0.5) is 5.69 Å². The van der Waals surface area contributed by atoms with Crippen molar-refractivity contribution in [1.82, 2.24) is 10.3 Å². The third-order valence-electron chi connectivity index (χ3n) is 3.74. The molecule has 8 heteroatoms. The lowest BCUT2D eigenvalue weighted by Gasteiger charge is -2.18. The quantitative estimate of drug-likeness (QED) is 0.639. The van der Waals surface area contributed by atoms with Crippen LogP contribution in [-0.2, 0) is 9.59 Å². The molecule has 0 unspecified atom stereocenters. The van der Waals surface area contributed by atoms with Gasteiger partial charge in [-0.15, -0.1) is 0 Å². The smallest absolute Gasteiger partial charge is 0.408 e. The first-order chi connectivity index (χ1) is 12.4. The molecular weight excluding hydrogens is 358 g/mol. The lowest BCUT2D eigenvalue weighted by molar-refractivity contribution is -0.120. The van der Waals surface area contributed by atoms with Gasteiger partial charge in [0, 0.05) is 17.6 Å². The zero-order valence-electron chi connectivity index (χ0n) is 13.8. The Kier molecular flexibility index (Phi) is 5.09. The number of aromatic amines is 1. The van der Waals surface area contributed by atoms with Crippen LogP contribution in [0.5, 0.6) is 0 Å². The second kappa shape index (κ2) is 7.45. The van der Waals surface area contributed by atoms with Crippen molar-refractivity contribution >= 4 is 40.2 Å². The molecule has 3 N–H and O–H groups in total. The molecular formula is C18H16ClN3O4. The maximum Gasteiger partial charge on any atom is 0.417 e. The van der Waals surface area contributed by atoms with Crippen molar-refractivity contribution in [1.29, 1.82) is 0 Å². The molecule has 3 aromatic rings. The highest BCUT2D eigenvalue weighted by Gasteiger charge is 2.17. The van der Waals surface area contributed by atoms with Crippen LogP contribution in [0.2, 0.25) is 5.02 Å². The summed E-state index contributed by atoms with van der Waals surface area (Å²) in [5.74, 6) is -1.09. The van der Waals surface area contributed by atoms with E-state index in [9.17, 15) is 14.4 Å². The number of nitrogens with one attached hydrogen (secondary N) is 3. The Hall–Kier alpha value is -3.06. The Morgan fingerprint density at radius 1 is 1.19 bits per heavy atom. The highest BCUT2D eigenvalue weighted by Crippen LogP contribution is 2.21. The predicted octanol–water partition coefficient (Wildman–Crippen LogP) is 2.98. The van der Waals surface area contributed by atoms with Gasteiger partial charge >= 0.3 is 5.76 Å². The summed E-state index contributed by atoms with van der Waals surface area (Å²) >= 11 is 5.89. The number of halogens is 1. The molecule has 0 aliphatic carbocycles. The summed E-state index contributed by atoms with van der Waals surface area (Å²) in [4.78, 5) is 37.6. The second-order valence-electron chi connectivity index (χ2n) is 5.78. The van der Waals surface area contributed by atoms with E-state index in [-0.39, 0.29) is 18.2 Å². The Bertz CT molecular complexity index is 1010. The van der Waals surface area contributed by atoms with Gasteiger partial charge in [0.1, 0.15) is 0 Å². The summed E-state index contributed by atoms with van der Waals surface area (Å²) in [6.07, 6.45) is 0.0428. The molecule has 2 amide bonds. The normalized spacial score (nSPS) is 11.9. The van der Waals surface area contributed by atoms with Crippen molar-refractivity contribution in [3.63, 3.8) is 0 Å². The predicted molar refractivity (Wildman–Crippen MR) is 98.1 cm³/mol. The van der Waals surface area contributed by atoms with E-state index < -0.39 is 11.8 Å². The van der Waals surface area contributed by atoms with Gasteiger partial charge in [0.25, 0.3) is 0 Å². The summed E-state index contributed by atoms with van der Waals surface area (Å²) in [6.45, 7) is 1.39. The van der Waals surface area contributed by atoms with Gasteiger partial charge in [-0.1, -0.05) is 23.7 Å². The molecule has 1 aromatic heterocycles. The van der Waals surface area contributed by atoms with Crippen LogP contribution in [0, 0.1) is 0 Å². The van der Waals surface area contributed by atoms with Crippen LogP contribution < -0.4 is 16.4 Å². The zero-order chi connectivity index (χ0) is 18.7. The SMILES string of the molecule is CC(=O)N[C@H](CC(=O)Nc1ccc2oc(=O)[nH]c2c1)c1ccc(Cl)cc1. The van der Waals surface area contributed by atoms with E-state index >= 15 is 0 Å². The molecule has 0 saturated carbocycles. The molecule has 0 fully saturated rings. The molecule has 0 radical (unpaired) electrons.